The van der Waals surface area contributed by atoms with Crippen LogP contribution in [0.25, 0.3) is 0 Å². The molecule has 0 atom stereocenters. The van der Waals surface area contributed by atoms with Crippen molar-refractivity contribution in [2.24, 2.45) is 17.3 Å². The molecule has 18 heteroatoms. The molecule has 2 fully saturated rings. The smallest absolute Gasteiger partial charge is 0.411 e. The predicted octanol–water partition coefficient (Wildman–Crippen LogP) is 10.5. The summed E-state index contributed by atoms with van der Waals surface area (Å²) in [7, 11) is 2.66. The standard InChI is InChI=1S/C18H26F6O3.C18H14F6O3/c2*1-11(25)27-15-9-5-13(6-10-15)16(17(19,20)21,18(22,23)24)12-3-7-14(26-2)8-4-12/h12-15H,3-10H2,1-2H3;3-10H,1-2H3. The number of carbonyl (C=O) groups excluding carboxylic acids is 2. The number of ether oxygens (including phenoxy) is 4. The Labute approximate surface area is 303 Å². The van der Waals surface area contributed by atoms with Crippen LogP contribution in [-0.4, -0.2) is 63.1 Å². The van der Waals surface area contributed by atoms with E-state index in [4.69, 9.17) is 14.2 Å². The van der Waals surface area contributed by atoms with Crippen LogP contribution in [0.4, 0.5) is 52.7 Å². The van der Waals surface area contributed by atoms with Gasteiger partial charge < -0.3 is 18.9 Å². The number of hydrogen-bond donors (Lipinski definition) is 0. The van der Waals surface area contributed by atoms with Crippen molar-refractivity contribution < 1.29 is 81.2 Å². The van der Waals surface area contributed by atoms with E-state index in [-0.39, 0.29) is 69.0 Å². The van der Waals surface area contributed by atoms with Crippen LogP contribution in [0.1, 0.15) is 76.3 Å². The maximum atomic E-state index is 14.1. The van der Waals surface area contributed by atoms with Crippen molar-refractivity contribution in [3.05, 3.63) is 59.7 Å². The quantitative estimate of drug-likeness (QED) is 0.151. The minimum absolute atomic E-state index is 0.0194. The molecule has 2 aliphatic carbocycles. The van der Waals surface area contributed by atoms with Gasteiger partial charge in [0.2, 0.25) is 5.41 Å². The van der Waals surface area contributed by atoms with Crippen LogP contribution in [0.3, 0.4) is 0 Å². The number of hydrogen-bond acceptors (Lipinski definition) is 6. The van der Waals surface area contributed by atoms with Crippen LogP contribution in [0, 0.1) is 17.3 Å². The average molecular weight is 797 g/mol. The average Bonchev–Trinajstić information content (AvgIpc) is 3.05. The second-order valence-corrected chi connectivity index (χ2v) is 13.2. The van der Waals surface area contributed by atoms with Gasteiger partial charge in [0.15, 0.2) is 5.41 Å². The van der Waals surface area contributed by atoms with Crippen molar-refractivity contribution in [2.45, 2.75) is 108 Å². The number of alkyl halides is 12. The van der Waals surface area contributed by atoms with Gasteiger partial charge in [-0.2, -0.15) is 52.7 Å². The predicted molar refractivity (Wildman–Crippen MR) is 168 cm³/mol. The summed E-state index contributed by atoms with van der Waals surface area (Å²) < 4.78 is 187. The number of halogens is 12. The van der Waals surface area contributed by atoms with E-state index in [1.807, 2.05) is 0 Å². The normalized spacial score (nSPS) is 21.7. The first-order valence-corrected chi connectivity index (χ1v) is 16.8. The van der Waals surface area contributed by atoms with Crippen LogP contribution < -0.4 is 9.47 Å². The molecule has 2 aromatic rings. The summed E-state index contributed by atoms with van der Waals surface area (Å²) in [6.07, 6.45) is -23.5. The molecular formula is C36H40F12O6. The molecule has 2 saturated carbocycles. The van der Waals surface area contributed by atoms with Crippen molar-refractivity contribution >= 4 is 11.9 Å². The van der Waals surface area contributed by atoms with Gasteiger partial charge in [0.05, 0.1) is 13.2 Å². The molecule has 0 spiro atoms. The summed E-state index contributed by atoms with van der Waals surface area (Å²) in [6.45, 7) is 2.23. The Bertz CT molecular complexity index is 1490. The van der Waals surface area contributed by atoms with Gasteiger partial charge in [0.1, 0.15) is 17.6 Å². The highest BCUT2D eigenvalue weighted by Gasteiger charge is 2.76. The number of benzene rings is 2. The number of carbonyl (C=O) groups is 2. The topological polar surface area (TPSA) is 71.1 Å². The van der Waals surface area contributed by atoms with Crippen molar-refractivity contribution in [1.82, 2.24) is 0 Å². The monoisotopic (exact) mass is 796 g/mol. The zero-order valence-corrected chi connectivity index (χ0v) is 29.6. The first kappa shape index (κ1) is 44.7. The Balaban J connectivity index is 0.000000290. The summed E-state index contributed by atoms with van der Waals surface area (Å²) in [5.41, 5.74) is -10.0. The highest BCUT2D eigenvalue weighted by atomic mass is 19.4. The minimum Gasteiger partial charge on any atom is -0.497 e. The lowest BCUT2D eigenvalue weighted by atomic mass is 9.57. The maximum absolute atomic E-state index is 14.1. The van der Waals surface area contributed by atoms with E-state index in [0.29, 0.717) is 12.1 Å². The summed E-state index contributed by atoms with van der Waals surface area (Å²) in [4.78, 5) is 21.9. The molecule has 0 heterocycles. The van der Waals surface area contributed by atoms with Crippen molar-refractivity contribution in [3.63, 3.8) is 0 Å². The molecule has 0 aromatic heterocycles. The lowest BCUT2D eigenvalue weighted by Gasteiger charge is -2.51. The van der Waals surface area contributed by atoms with Gasteiger partial charge in [0, 0.05) is 21.0 Å². The number of rotatable bonds is 8. The molecule has 0 unspecified atom stereocenters. The Kier molecular flexibility index (Phi) is 14.1. The SMILES string of the molecule is COC1CCC(C(C2CCC(OC(C)=O)CC2)(C(F)(F)F)C(F)(F)F)CC1.COc1ccc(C(c2ccc(OC(C)=O)cc2)(C(F)(F)F)C(F)(F)F)cc1. The maximum Gasteiger partial charge on any atom is 0.411 e. The van der Waals surface area contributed by atoms with E-state index in [0.717, 1.165) is 43.3 Å². The second kappa shape index (κ2) is 17.0. The summed E-state index contributed by atoms with van der Waals surface area (Å²) >= 11 is 0. The van der Waals surface area contributed by atoms with Crippen LogP contribution in [0.15, 0.2) is 48.5 Å². The largest absolute Gasteiger partial charge is 0.497 e. The molecule has 0 bridgehead atoms. The van der Waals surface area contributed by atoms with Gasteiger partial charge in [-0.05, 0) is 98.6 Å². The lowest BCUT2D eigenvalue weighted by Crippen LogP contribution is -2.61. The molecule has 6 nitrogen and oxygen atoms in total. The van der Waals surface area contributed by atoms with Gasteiger partial charge in [-0.15, -0.1) is 0 Å². The zero-order valence-electron chi connectivity index (χ0n) is 29.6. The fourth-order valence-electron chi connectivity index (χ4n) is 7.81. The van der Waals surface area contributed by atoms with Crippen molar-refractivity contribution in [1.29, 1.82) is 0 Å². The van der Waals surface area contributed by atoms with Crippen LogP contribution >= 0.6 is 0 Å². The van der Waals surface area contributed by atoms with E-state index in [2.05, 4.69) is 4.74 Å². The third kappa shape index (κ3) is 9.21. The highest BCUT2D eigenvalue weighted by molar-refractivity contribution is 5.69. The van der Waals surface area contributed by atoms with Gasteiger partial charge in [-0.1, -0.05) is 24.3 Å². The van der Waals surface area contributed by atoms with E-state index in [9.17, 15) is 62.3 Å². The highest BCUT2D eigenvalue weighted by Crippen LogP contribution is 2.65. The van der Waals surface area contributed by atoms with Crippen molar-refractivity contribution in [2.75, 3.05) is 14.2 Å². The third-order valence-electron chi connectivity index (χ3n) is 10.2. The summed E-state index contributed by atoms with van der Waals surface area (Å²) in [5.74, 6) is -4.46. The van der Waals surface area contributed by atoms with Gasteiger partial charge in [0.25, 0.3) is 0 Å². The fraction of sp³-hybridized carbons (Fsp3) is 0.611. The van der Waals surface area contributed by atoms with Crippen LogP contribution in [0.5, 0.6) is 11.5 Å². The summed E-state index contributed by atoms with van der Waals surface area (Å²) in [6, 6.07) is 6.54. The molecule has 2 aromatic carbocycles. The minimum atomic E-state index is -5.69. The molecule has 4 rings (SSSR count). The van der Waals surface area contributed by atoms with Crippen molar-refractivity contribution in [3.8, 4) is 11.5 Å². The van der Waals surface area contributed by atoms with Gasteiger partial charge >= 0.3 is 36.6 Å². The number of methoxy groups -OCH3 is 2. The molecule has 54 heavy (non-hydrogen) atoms. The van der Waals surface area contributed by atoms with Gasteiger partial charge in [-0.3, -0.25) is 9.59 Å². The molecule has 2 aliphatic rings. The molecule has 0 N–H and O–H groups in total. The Morgan fingerprint density at radius 3 is 1.19 bits per heavy atom. The first-order valence-electron chi connectivity index (χ1n) is 16.8. The first-order chi connectivity index (χ1) is 24.9. The fourth-order valence-corrected chi connectivity index (χ4v) is 7.81. The Hall–Kier alpha value is -3.70. The summed E-state index contributed by atoms with van der Waals surface area (Å²) in [5, 5.41) is 0. The van der Waals surface area contributed by atoms with Gasteiger partial charge in [-0.25, -0.2) is 0 Å². The molecule has 304 valence electrons. The Morgan fingerprint density at radius 1 is 0.519 bits per heavy atom. The van der Waals surface area contributed by atoms with E-state index in [1.165, 1.54) is 21.1 Å². The second-order valence-electron chi connectivity index (χ2n) is 13.2. The molecule has 0 saturated heterocycles. The molecule has 0 amide bonds. The lowest BCUT2D eigenvalue weighted by molar-refractivity contribution is -0.383. The van der Waals surface area contributed by atoms with Crippen LogP contribution in [0.2, 0.25) is 0 Å². The zero-order chi connectivity index (χ0) is 40.9. The Morgan fingerprint density at radius 2 is 0.889 bits per heavy atom. The van der Waals surface area contributed by atoms with E-state index >= 15 is 0 Å². The number of esters is 2. The van der Waals surface area contributed by atoms with E-state index in [1.54, 1.807) is 0 Å². The molecular weight excluding hydrogens is 756 g/mol. The molecule has 0 radical (unpaired) electrons. The van der Waals surface area contributed by atoms with Crippen LogP contribution in [-0.2, 0) is 24.5 Å². The third-order valence-corrected chi connectivity index (χ3v) is 10.2. The van der Waals surface area contributed by atoms with E-state index < -0.39 is 76.5 Å². The molecule has 0 aliphatic heterocycles.